The van der Waals surface area contributed by atoms with Crippen molar-refractivity contribution >= 4 is 0 Å². The van der Waals surface area contributed by atoms with Crippen LogP contribution in [0.5, 0.6) is 0 Å². The molecule has 0 saturated carbocycles. The fraction of sp³-hybridized carbons (Fsp3) is 1.00. The van der Waals surface area contributed by atoms with Crippen molar-refractivity contribution in [2.24, 2.45) is 21.7 Å². The second-order valence-electron chi connectivity index (χ2n) is 25.0. The van der Waals surface area contributed by atoms with E-state index >= 15 is 0 Å². The molecular weight excluding hydrogens is 621 g/mol. The standard InChI is InChI=1S/C14H29N.C12H27N.C11H25N.C10H23N/c1-13(2,3)10-9-12-8-7-11-15(12)14(4,5)6;1-11(2,3)9-8-10-13(7)12(4,5)6;1-10(2,3)8-9-12(7)11(4,5)6;1-9(2,3)8-11(7)10(4,5)6/h12H,7-11H2,1-6H3;8-10H2,1-7H3;8-9H2,1-7H3;8H2,1-7H3. The summed E-state index contributed by atoms with van der Waals surface area (Å²) >= 11 is 0. The number of hydrogen-bond donors (Lipinski definition) is 0. The molecule has 0 aromatic rings. The van der Waals surface area contributed by atoms with E-state index < -0.39 is 0 Å². The second kappa shape index (κ2) is 21.8. The van der Waals surface area contributed by atoms with Gasteiger partial charge in [0.15, 0.2) is 0 Å². The minimum absolute atomic E-state index is 0.299. The third kappa shape index (κ3) is 34.1. The summed E-state index contributed by atoms with van der Waals surface area (Å²) in [5.74, 6) is 0. The summed E-state index contributed by atoms with van der Waals surface area (Å²) in [6.07, 6.45) is 9.41. The van der Waals surface area contributed by atoms with Gasteiger partial charge in [0.1, 0.15) is 0 Å². The van der Waals surface area contributed by atoms with Crippen LogP contribution in [0.2, 0.25) is 0 Å². The molecular formula is C47H104N4. The Kier molecular flexibility index (Phi) is 23.6. The van der Waals surface area contributed by atoms with Crippen LogP contribution < -0.4 is 0 Å². The maximum Gasteiger partial charge on any atom is 0.0127 e. The van der Waals surface area contributed by atoms with E-state index in [1.807, 2.05) is 0 Å². The van der Waals surface area contributed by atoms with Gasteiger partial charge in [-0.15, -0.1) is 0 Å². The normalized spacial score (nSPS) is 17.2. The van der Waals surface area contributed by atoms with E-state index in [9.17, 15) is 0 Å². The minimum atomic E-state index is 0.299. The topological polar surface area (TPSA) is 13.0 Å². The maximum atomic E-state index is 2.71. The lowest BCUT2D eigenvalue weighted by Gasteiger charge is -2.38. The van der Waals surface area contributed by atoms with Crippen molar-refractivity contribution in [2.45, 2.75) is 239 Å². The van der Waals surface area contributed by atoms with Gasteiger partial charge in [0.25, 0.3) is 0 Å². The summed E-state index contributed by atoms with van der Waals surface area (Å²) < 4.78 is 0. The highest BCUT2D eigenvalue weighted by atomic mass is 15.2. The van der Waals surface area contributed by atoms with Gasteiger partial charge in [0.2, 0.25) is 0 Å². The summed E-state index contributed by atoms with van der Waals surface area (Å²) in [5.41, 5.74) is 3.13. The highest BCUT2D eigenvalue weighted by Gasteiger charge is 2.33. The van der Waals surface area contributed by atoms with Gasteiger partial charge < -0.3 is 14.7 Å². The van der Waals surface area contributed by atoms with Crippen molar-refractivity contribution in [2.75, 3.05) is 47.3 Å². The molecule has 0 amide bonds. The van der Waals surface area contributed by atoms with Gasteiger partial charge in [-0.2, -0.15) is 0 Å². The Balaban J connectivity index is -0.000000607. The maximum absolute atomic E-state index is 2.71. The van der Waals surface area contributed by atoms with Gasteiger partial charge >= 0.3 is 0 Å². The van der Waals surface area contributed by atoms with Crippen molar-refractivity contribution in [1.29, 1.82) is 0 Å². The monoisotopic (exact) mass is 725 g/mol. The first kappa shape index (κ1) is 55.2. The SMILES string of the molecule is CC(C)(C)CCC1CCCN1C(C)(C)C.CN(CC(C)(C)C)C(C)(C)C.CN(CCC(C)(C)C)C(C)(C)C.CN(CCCC(C)(C)C)C(C)(C)C. The molecule has 0 aromatic heterocycles. The molecule has 51 heavy (non-hydrogen) atoms. The van der Waals surface area contributed by atoms with Crippen LogP contribution in [0.3, 0.4) is 0 Å². The molecule has 1 atom stereocenters. The quantitative estimate of drug-likeness (QED) is 0.247. The third-order valence-corrected chi connectivity index (χ3v) is 10.2. The van der Waals surface area contributed by atoms with Gasteiger partial charge in [-0.3, -0.25) is 4.90 Å². The van der Waals surface area contributed by atoms with Crippen LogP contribution in [0, 0.1) is 21.7 Å². The van der Waals surface area contributed by atoms with Crippen LogP contribution in [-0.4, -0.2) is 95.1 Å². The highest BCUT2D eigenvalue weighted by molar-refractivity contribution is 4.88. The smallest absolute Gasteiger partial charge is 0.0127 e. The molecule has 0 spiro atoms. The average Bonchev–Trinajstić information content (AvgIpc) is 3.32. The Labute approximate surface area is 327 Å². The van der Waals surface area contributed by atoms with Crippen molar-refractivity contribution in [1.82, 2.24) is 19.6 Å². The third-order valence-electron chi connectivity index (χ3n) is 10.2. The van der Waals surface area contributed by atoms with Crippen LogP contribution in [0.25, 0.3) is 0 Å². The molecule has 1 unspecified atom stereocenters. The van der Waals surface area contributed by atoms with Crippen LogP contribution in [-0.2, 0) is 0 Å². The predicted octanol–water partition coefficient (Wildman–Crippen LogP) is 13.5. The van der Waals surface area contributed by atoms with Crippen molar-refractivity contribution in [3.8, 4) is 0 Å². The van der Waals surface area contributed by atoms with Crippen LogP contribution >= 0.6 is 0 Å². The molecule has 0 aromatic carbocycles. The van der Waals surface area contributed by atoms with E-state index in [2.05, 4.69) is 207 Å². The Morgan fingerprint density at radius 3 is 1.12 bits per heavy atom. The molecule has 4 nitrogen and oxygen atoms in total. The molecule has 312 valence electrons. The van der Waals surface area contributed by atoms with Crippen molar-refractivity contribution in [3.05, 3.63) is 0 Å². The zero-order chi connectivity index (χ0) is 41.7. The molecule has 1 aliphatic heterocycles. The molecule has 0 aliphatic carbocycles. The number of nitrogens with zero attached hydrogens (tertiary/aromatic N) is 4. The number of rotatable bonds is 8. The van der Waals surface area contributed by atoms with Gasteiger partial charge in [-0.25, -0.2) is 0 Å². The molecule has 4 heteroatoms. The summed E-state index contributed by atoms with van der Waals surface area (Å²) in [6.45, 7) is 59.9. The van der Waals surface area contributed by atoms with Crippen LogP contribution in [0.4, 0.5) is 0 Å². The molecule has 1 aliphatic rings. The number of likely N-dealkylation sites (tertiary alicyclic amines) is 1. The zero-order valence-corrected chi connectivity index (χ0v) is 41.1. The van der Waals surface area contributed by atoms with Gasteiger partial charge in [0.05, 0.1) is 0 Å². The average molecular weight is 725 g/mol. The summed E-state index contributed by atoms with van der Waals surface area (Å²) in [4.78, 5) is 9.95. The van der Waals surface area contributed by atoms with Gasteiger partial charge in [-0.05, 0) is 190 Å². The van der Waals surface area contributed by atoms with Crippen molar-refractivity contribution < 1.29 is 0 Å². The van der Waals surface area contributed by atoms with E-state index in [1.54, 1.807) is 0 Å². The van der Waals surface area contributed by atoms with Gasteiger partial charge in [0, 0.05) is 34.7 Å². The first-order valence-electron chi connectivity index (χ1n) is 21.0. The molecule has 1 saturated heterocycles. The fourth-order valence-corrected chi connectivity index (χ4v) is 5.59. The fourth-order valence-electron chi connectivity index (χ4n) is 5.59. The zero-order valence-electron chi connectivity index (χ0n) is 41.1. The largest absolute Gasteiger partial charge is 0.302 e. The lowest BCUT2D eigenvalue weighted by molar-refractivity contribution is 0.108. The molecule has 0 N–H and O–H groups in total. The number of hydrogen-bond acceptors (Lipinski definition) is 4. The van der Waals surface area contributed by atoms with Gasteiger partial charge in [-0.1, -0.05) is 83.1 Å². The van der Waals surface area contributed by atoms with Crippen LogP contribution in [0.15, 0.2) is 0 Å². The lowest BCUT2D eigenvalue weighted by Crippen LogP contribution is -2.44. The van der Waals surface area contributed by atoms with E-state index in [1.165, 1.54) is 64.6 Å². The highest BCUT2D eigenvalue weighted by Crippen LogP contribution is 2.32. The van der Waals surface area contributed by atoms with E-state index in [0.29, 0.717) is 43.8 Å². The Morgan fingerprint density at radius 1 is 0.451 bits per heavy atom. The van der Waals surface area contributed by atoms with E-state index in [0.717, 1.165) is 12.6 Å². The van der Waals surface area contributed by atoms with Crippen molar-refractivity contribution in [3.63, 3.8) is 0 Å². The molecule has 1 fully saturated rings. The first-order valence-corrected chi connectivity index (χ1v) is 21.0. The Hall–Kier alpha value is -0.160. The van der Waals surface area contributed by atoms with E-state index in [4.69, 9.17) is 0 Å². The predicted molar refractivity (Wildman–Crippen MR) is 238 cm³/mol. The first-order chi connectivity index (χ1) is 22.1. The minimum Gasteiger partial charge on any atom is -0.302 e. The second-order valence-corrected chi connectivity index (χ2v) is 25.0. The summed E-state index contributed by atoms with van der Waals surface area (Å²) in [6, 6.07) is 0.837. The summed E-state index contributed by atoms with van der Waals surface area (Å²) in [7, 11) is 6.60. The molecule has 1 heterocycles. The Morgan fingerprint density at radius 2 is 0.824 bits per heavy atom. The van der Waals surface area contributed by atoms with E-state index in [-0.39, 0.29) is 0 Å². The van der Waals surface area contributed by atoms with Crippen LogP contribution in [0.1, 0.15) is 211 Å². The summed E-state index contributed by atoms with van der Waals surface area (Å²) in [5, 5.41) is 0. The Bertz CT molecular complexity index is 863. The molecule has 1 rings (SSSR count). The lowest BCUT2D eigenvalue weighted by atomic mass is 9.87. The molecule has 0 bridgehead atoms. The molecule has 0 radical (unpaired) electrons.